The van der Waals surface area contributed by atoms with E-state index in [1.807, 2.05) is 6.92 Å². The molecule has 0 saturated carbocycles. The maximum absolute atomic E-state index is 13.1. The van der Waals surface area contributed by atoms with Gasteiger partial charge in [-0.2, -0.15) is 10.1 Å². The van der Waals surface area contributed by atoms with Crippen molar-refractivity contribution in [2.75, 3.05) is 25.1 Å². The predicted molar refractivity (Wildman–Crippen MR) is 120 cm³/mol. The number of aromatic amines is 1. The van der Waals surface area contributed by atoms with Gasteiger partial charge in [-0.05, 0) is 61.9 Å². The lowest BCUT2D eigenvalue weighted by molar-refractivity contribution is 0.100. The topological polar surface area (TPSA) is 91.4 Å². The van der Waals surface area contributed by atoms with Gasteiger partial charge >= 0.3 is 0 Å². The molecule has 3 aromatic rings. The number of rotatable bonds is 8. The van der Waals surface area contributed by atoms with Gasteiger partial charge < -0.3 is 15.4 Å². The number of aromatic nitrogens is 2. The lowest BCUT2D eigenvalue weighted by atomic mass is 10.1. The zero-order valence-electron chi connectivity index (χ0n) is 17.0. The Labute approximate surface area is 184 Å². The number of guanidine groups is 1. The SMILES string of the molecule is CCOCCCN/C(=N/C(=O)c1ccc(Cl)cc1)Nc1cc(-c2ccc(F)cc2)n[nH]1. The van der Waals surface area contributed by atoms with Crippen LogP contribution < -0.4 is 10.6 Å². The van der Waals surface area contributed by atoms with Crippen LogP contribution in [0.5, 0.6) is 0 Å². The molecule has 0 aliphatic rings. The van der Waals surface area contributed by atoms with Crippen molar-refractivity contribution >= 4 is 29.3 Å². The van der Waals surface area contributed by atoms with Crippen LogP contribution in [0.1, 0.15) is 23.7 Å². The Kier molecular flexibility index (Phi) is 8.14. The van der Waals surface area contributed by atoms with Gasteiger partial charge in [0.25, 0.3) is 5.91 Å². The van der Waals surface area contributed by atoms with Gasteiger partial charge in [-0.15, -0.1) is 0 Å². The molecule has 0 bridgehead atoms. The van der Waals surface area contributed by atoms with Crippen LogP contribution in [-0.4, -0.2) is 41.8 Å². The molecule has 3 rings (SSSR count). The smallest absolute Gasteiger partial charge is 0.280 e. The quantitative estimate of drug-likeness (QED) is 0.271. The first-order chi connectivity index (χ1) is 15.0. The molecule has 7 nitrogen and oxygen atoms in total. The zero-order valence-corrected chi connectivity index (χ0v) is 17.7. The fourth-order valence-corrected chi connectivity index (χ4v) is 2.80. The molecule has 1 heterocycles. The van der Waals surface area contributed by atoms with Gasteiger partial charge in [0.05, 0.1) is 5.69 Å². The summed E-state index contributed by atoms with van der Waals surface area (Å²) in [7, 11) is 0. The number of carbonyl (C=O) groups is 1. The summed E-state index contributed by atoms with van der Waals surface area (Å²) >= 11 is 5.89. The summed E-state index contributed by atoms with van der Waals surface area (Å²) < 4.78 is 18.5. The average Bonchev–Trinajstić information content (AvgIpc) is 3.23. The maximum Gasteiger partial charge on any atom is 0.280 e. The molecule has 9 heteroatoms. The molecule has 162 valence electrons. The monoisotopic (exact) mass is 443 g/mol. The second-order valence-corrected chi connectivity index (χ2v) is 6.98. The van der Waals surface area contributed by atoms with E-state index in [0.717, 1.165) is 12.0 Å². The number of nitrogens with one attached hydrogen (secondary N) is 3. The lowest BCUT2D eigenvalue weighted by Gasteiger charge is -2.11. The highest BCUT2D eigenvalue weighted by Crippen LogP contribution is 2.20. The molecule has 0 unspecified atom stereocenters. The summed E-state index contributed by atoms with van der Waals surface area (Å²) in [6.07, 6.45) is 0.744. The first-order valence-electron chi connectivity index (χ1n) is 9.83. The van der Waals surface area contributed by atoms with Crippen LogP contribution in [0.4, 0.5) is 10.2 Å². The molecule has 31 heavy (non-hydrogen) atoms. The van der Waals surface area contributed by atoms with E-state index in [4.69, 9.17) is 16.3 Å². The van der Waals surface area contributed by atoms with Crippen LogP contribution in [0.2, 0.25) is 5.02 Å². The fourth-order valence-electron chi connectivity index (χ4n) is 2.68. The summed E-state index contributed by atoms with van der Waals surface area (Å²) in [4.78, 5) is 16.7. The van der Waals surface area contributed by atoms with E-state index in [1.165, 1.54) is 12.1 Å². The van der Waals surface area contributed by atoms with Crippen LogP contribution in [0.3, 0.4) is 0 Å². The van der Waals surface area contributed by atoms with E-state index in [2.05, 4.69) is 25.8 Å². The van der Waals surface area contributed by atoms with Gasteiger partial charge in [0.15, 0.2) is 0 Å². The van der Waals surface area contributed by atoms with E-state index < -0.39 is 5.91 Å². The number of benzene rings is 2. The van der Waals surface area contributed by atoms with Crippen molar-refractivity contribution in [1.82, 2.24) is 15.5 Å². The second kappa shape index (κ2) is 11.2. The van der Waals surface area contributed by atoms with Crippen molar-refractivity contribution in [2.24, 2.45) is 4.99 Å². The Morgan fingerprint density at radius 2 is 1.94 bits per heavy atom. The van der Waals surface area contributed by atoms with Crippen LogP contribution in [0.25, 0.3) is 11.3 Å². The van der Waals surface area contributed by atoms with Crippen molar-refractivity contribution in [3.8, 4) is 11.3 Å². The standard InChI is InChI=1S/C22H23ClFN5O2/c1-2-31-13-3-12-25-22(27-21(30)16-4-8-17(23)9-5-16)26-20-14-19(28-29-20)15-6-10-18(24)11-7-15/h4-11,14H,2-3,12-13H2,1H3,(H3,25,26,27,28,29,30). The predicted octanol–water partition coefficient (Wildman–Crippen LogP) is 4.49. The van der Waals surface area contributed by atoms with E-state index >= 15 is 0 Å². The number of nitrogens with zero attached hydrogens (tertiary/aromatic N) is 2. The number of halogens is 2. The minimum Gasteiger partial charge on any atom is -0.382 e. The number of ether oxygens (including phenoxy) is 1. The molecule has 0 atom stereocenters. The number of hydrogen-bond donors (Lipinski definition) is 3. The molecule has 0 fully saturated rings. The third kappa shape index (κ3) is 6.91. The minimum absolute atomic E-state index is 0.269. The van der Waals surface area contributed by atoms with Gasteiger partial charge in [-0.25, -0.2) is 4.39 Å². The molecule has 1 amide bonds. The Balaban J connectivity index is 1.73. The molecule has 0 saturated heterocycles. The number of aliphatic imine (C=N–C) groups is 1. The largest absolute Gasteiger partial charge is 0.382 e. The van der Waals surface area contributed by atoms with Gasteiger partial charge in [-0.1, -0.05) is 11.6 Å². The Bertz CT molecular complexity index is 1020. The molecule has 0 radical (unpaired) electrons. The molecule has 1 aromatic heterocycles. The van der Waals surface area contributed by atoms with Crippen molar-refractivity contribution in [3.63, 3.8) is 0 Å². The Morgan fingerprint density at radius 1 is 1.19 bits per heavy atom. The van der Waals surface area contributed by atoms with E-state index in [0.29, 0.717) is 41.9 Å². The Hall–Kier alpha value is -3.23. The number of carbonyl (C=O) groups excluding carboxylic acids is 1. The molecular formula is C22H23ClFN5O2. The summed E-state index contributed by atoms with van der Waals surface area (Å²) in [5.41, 5.74) is 1.80. The first-order valence-corrected chi connectivity index (χ1v) is 10.2. The summed E-state index contributed by atoms with van der Waals surface area (Å²) in [6, 6.07) is 14.3. The Morgan fingerprint density at radius 3 is 2.65 bits per heavy atom. The first kappa shape index (κ1) is 22.5. The molecule has 0 spiro atoms. The van der Waals surface area contributed by atoms with Crippen LogP contribution in [-0.2, 0) is 4.74 Å². The van der Waals surface area contributed by atoms with Gasteiger partial charge in [-0.3, -0.25) is 9.89 Å². The fraction of sp³-hybridized carbons (Fsp3) is 0.227. The number of anilines is 1. The highest BCUT2D eigenvalue weighted by atomic mass is 35.5. The summed E-state index contributed by atoms with van der Waals surface area (Å²) in [6.45, 7) is 3.73. The van der Waals surface area contributed by atoms with E-state index in [-0.39, 0.29) is 11.8 Å². The summed E-state index contributed by atoms with van der Waals surface area (Å²) in [5, 5.41) is 13.8. The normalized spacial score (nSPS) is 11.4. The average molecular weight is 444 g/mol. The molecule has 0 aliphatic carbocycles. The third-order valence-electron chi connectivity index (χ3n) is 4.24. The van der Waals surface area contributed by atoms with Gasteiger partial charge in [0, 0.05) is 42.0 Å². The lowest BCUT2D eigenvalue weighted by Crippen LogP contribution is -2.33. The highest BCUT2D eigenvalue weighted by molar-refractivity contribution is 6.30. The van der Waals surface area contributed by atoms with Crippen molar-refractivity contribution in [1.29, 1.82) is 0 Å². The van der Waals surface area contributed by atoms with Gasteiger partial charge in [0.1, 0.15) is 11.6 Å². The minimum atomic E-state index is -0.422. The van der Waals surface area contributed by atoms with Crippen molar-refractivity contribution in [3.05, 3.63) is 71.0 Å². The number of H-pyrrole nitrogens is 1. The zero-order chi connectivity index (χ0) is 22.1. The molecule has 0 aliphatic heterocycles. The number of hydrogen-bond acceptors (Lipinski definition) is 3. The summed E-state index contributed by atoms with van der Waals surface area (Å²) in [5.74, 6) is 0.0591. The second-order valence-electron chi connectivity index (χ2n) is 6.55. The van der Waals surface area contributed by atoms with E-state index in [9.17, 15) is 9.18 Å². The molecule has 2 aromatic carbocycles. The van der Waals surface area contributed by atoms with E-state index in [1.54, 1.807) is 42.5 Å². The van der Waals surface area contributed by atoms with Crippen molar-refractivity contribution in [2.45, 2.75) is 13.3 Å². The van der Waals surface area contributed by atoms with Crippen molar-refractivity contribution < 1.29 is 13.9 Å². The van der Waals surface area contributed by atoms with Gasteiger partial charge in [0.2, 0.25) is 5.96 Å². The maximum atomic E-state index is 13.1. The molecular weight excluding hydrogens is 421 g/mol. The molecule has 3 N–H and O–H groups in total. The van der Waals surface area contributed by atoms with Crippen LogP contribution >= 0.6 is 11.6 Å². The van der Waals surface area contributed by atoms with Crippen LogP contribution in [0.15, 0.2) is 59.6 Å². The number of amides is 1. The van der Waals surface area contributed by atoms with Crippen LogP contribution in [0, 0.1) is 5.82 Å². The third-order valence-corrected chi connectivity index (χ3v) is 4.49. The highest BCUT2D eigenvalue weighted by Gasteiger charge is 2.10.